The minimum atomic E-state index is -0.427. The molecule has 0 fully saturated rings. The van der Waals surface area contributed by atoms with Crippen LogP contribution < -0.4 is 0 Å². The van der Waals surface area contributed by atoms with Gasteiger partial charge in [0.25, 0.3) is 0 Å². The number of hydrogen-bond donors (Lipinski definition) is 0. The van der Waals surface area contributed by atoms with Gasteiger partial charge in [-0.05, 0) is 30.3 Å². The van der Waals surface area contributed by atoms with Gasteiger partial charge in [0, 0.05) is 18.1 Å². The quantitative estimate of drug-likeness (QED) is 0.750. The number of aromatic nitrogens is 1. The Labute approximate surface area is 98.2 Å². The van der Waals surface area contributed by atoms with E-state index in [2.05, 4.69) is 4.74 Å². The summed E-state index contributed by atoms with van der Waals surface area (Å²) in [6.07, 6.45) is 3.81. The van der Waals surface area contributed by atoms with Crippen molar-refractivity contribution >= 4 is 17.6 Å². The largest absolute Gasteiger partial charge is 0.465 e. The van der Waals surface area contributed by atoms with Gasteiger partial charge in [0.1, 0.15) is 0 Å². The Kier molecular flexibility index (Phi) is 2.97. The third kappa shape index (κ3) is 1.95. The molecule has 1 aromatic heterocycles. The maximum absolute atomic E-state index is 11.3. The molecular formula is C12H10ClNO2. The maximum atomic E-state index is 11.3. The lowest BCUT2D eigenvalue weighted by Gasteiger charge is -2.06. The normalized spacial score (nSPS) is 10.1. The zero-order valence-corrected chi connectivity index (χ0v) is 9.44. The molecule has 0 aliphatic heterocycles. The smallest absolute Gasteiger partial charge is 0.339 e. The van der Waals surface area contributed by atoms with Gasteiger partial charge in [-0.25, -0.2) is 4.79 Å². The third-order valence-electron chi connectivity index (χ3n) is 2.26. The molecule has 4 heteroatoms. The van der Waals surface area contributed by atoms with Crippen LogP contribution in [0.5, 0.6) is 0 Å². The van der Waals surface area contributed by atoms with Crippen molar-refractivity contribution in [2.45, 2.75) is 0 Å². The van der Waals surface area contributed by atoms with E-state index in [4.69, 9.17) is 11.6 Å². The summed E-state index contributed by atoms with van der Waals surface area (Å²) in [5, 5.41) is 0.387. The fraction of sp³-hybridized carbons (Fsp3) is 0.0833. The monoisotopic (exact) mass is 235 g/mol. The van der Waals surface area contributed by atoms with Gasteiger partial charge in [0.05, 0.1) is 17.7 Å². The van der Waals surface area contributed by atoms with Gasteiger partial charge in [-0.15, -0.1) is 0 Å². The summed E-state index contributed by atoms with van der Waals surface area (Å²) < 4.78 is 6.53. The number of rotatable bonds is 2. The Morgan fingerprint density at radius 1 is 1.31 bits per heavy atom. The van der Waals surface area contributed by atoms with Crippen LogP contribution in [-0.2, 0) is 4.74 Å². The average molecular weight is 236 g/mol. The molecule has 82 valence electrons. The highest BCUT2D eigenvalue weighted by molar-refractivity contribution is 6.33. The Morgan fingerprint density at radius 2 is 2.00 bits per heavy atom. The molecule has 0 aliphatic carbocycles. The van der Waals surface area contributed by atoms with Crippen LogP contribution >= 0.6 is 11.6 Å². The molecule has 0 aliphatic rings. The molecule has 0 unspecified atom stereocenters. The van der Waals surface area contributed by atoms with E-state index in [1.165, 1.54) is 7.11 Å². The van der Waals surface area contributed by atoms with Gasteiger partial charge >= 0.3 is 5.97 Å². The minimum absolute atomic E-state index is 0.375. The van der Waals surface area contributed by atoms with E-state index in [0.717, 1.165) is 5.69 Å². The molecule has 0 bridgehead atoms. The van der Waals surface area contributed by atoms with Crippen molar-refractivity contribution < 1.29 is 9.53 Å². The number of benzene rings is 1. The maximum Gasteiger partial charge on any atom is 0.339 e. The van der Waals surface area contributed by atoms with Crippen LogP contribution in [0.25, 0.3) is 5.69 Å². The number of nitrogens with zero attached hydrogens (tertiary/aromatic N) is 1. The van der Waals surface area contributed by atoms with E-state index >= 15 is 0 Å². The topological polar surface area (TPSA) is 31.2 Å². The number of methoxy groups -OCH3 is 1. The molecule has 0 saturated heterocycles. The highest BCUT2D eigenvalue weighted by atomic mass is 35.5. The standard InChI is InChI=1S/C12H10ClNO2/c1-16-12(15)10-5-4-9(8-11(10)13)14-6-2-3-7-14/h2-8H,1H3. The molecule has 1 heterocycles. The molecular weight excluding hydrogens is 226 g/mol. The molecule has 0 atom stereocenters. The van der Waals surface area contributed by atoms with Gasteiger partial charge in [0.15, 0.2) is 0 Å². The van der Waals surface area contributed by atoms with E-state index in [9.17, 15) is 4.79 Å². The molecule has 2 rings (SSSR count). The number of esters is 1. The van der Waals surface area contributed by atoms with Gasteiger partial charge in [-0.3, -0.25) is 0 Å². The summed E-state index contributed by atoms with van der Waals surface area (Å²) in [6, 6.07) is 9.04. The first-order valence-corrected chi connectivity index (χ1v) is 5.11. The number of hydrogen-bond acceptors (Lipinski definition) is 2. The molecule has 0 N–H and O–H groups in total. The predicted molar refractivity (Wildman–Crippen MR) is 62.1 cm³/mol. The van der Waals surface area contributed by atoms with E-state index in [-0.39, 0.29) is 0 Å². The Balaban J connectivity index is 2.41. The van der Waals surface area contributed by atoms with E-state index in [1.807, 2.05) is 35.2 Å². The average Bonchev–Trinajstić information content (AvgIpc) is 2.81. The first kappa shape index (κ1) is 10.8. The van der Waals surface area contributed by atoms with Crippen molar-refractivity contribution in [1.82, 2.24) is 4.57 Å². The van der Waals surface area contributed by atoms with Crippen molar-refractivity contribution in [1.29, 1.82) is 0 Å². The van der Waals surface area contributed by atoms with Gasteiger partial charge in [0.2, 0.25) is 0 Å². The van der Waals surface area contributed by atoms with E-state index in [1.54, 1.807) is 12.1 Å². The molecule has 0 spiro atoms. The number of carbonyl (C=O) groups excluding carboxylic acids is 1. The number of carbonyl (C=O) groups is 1. The molecule has 1 aromatic carbocycles. The Hall–Kier alpha value is -1.74. The van der Waals surface area contributed by atoms with Crippen molar-refractivity contribution in [3.63, 3.8) is 0 Å². The lowest BCUT2D eigenvalue weighted by molar-refractivity contribution is 0.0601. The molecule has 2 aromatic rings. The van der Waals surface area contributed by atoms with Crippen molar-refractivity contribution in [3.05, 3.63) is 53.3 Å². The number of ether oxygens (including phenoxy) is 1. The summed E-state index contributed by atoms with van der Waals surface area (Å²) in [4.78, 5) is 11.3. The van der Waals surface area contributed by atoms with Crippen LogP contribution in [0.15, 0.2) is 42.7 Å². The van der Waals surface area contributed by atoms with Crippen molar-refractivity contribution in [3.8, 4) is 5.69 Å². The molecule has 16 heavy (non-hydrogen) atoms. The van der Waals surface area contributed by atoms with Gasteiger partial charge < -0.3 is 9.30 Å². The van der Waals surface area contributed by atoms with Crippen LogP contribution in [0.2, 0.25) is 5.02 Å². The first-order valence-electron chi connectivity index (χ1n) is 4.73. The second-order valence-corrected chi connectivity index (χ2v) is 3.65. The molecule has 0 amide bonds. The summed E-state index contributed by atoms with van der Waals surface area (Å²) in [5.41, 5.74) is 1.28. The number of halogens is 1. The van der Waals surface area contributed by atoms with Crippen molar-refractivity contribution in [2.24, 2.45) is 0 Å². The lowest BCUT2D eigenvalue weighted by atomic mass is 10.2. The zero-order chi connectivity index (χ0) is 11.5. The summed E-state index contributed by atoms with van der Waals surface area (Å²) in [6.45, 7) is 0. The first-order chi connectivity index (χ1) is 7.72. The SMILES string of the molecule is COC(=O)c1ccc(-n2cccc2)cc1Cl. The van der Waals surface area contributed by atoms with Crippen LogP contribution in [0, 0.1) is 0 Å². The zero-order valence-electron chi connectivity index (χ0n) is 8.68. The minimum Gasteiger partial charge on any atom is -0.465 e. The van der Waals surface area contributed by atoms with Gasteiger partial charge in [-0.1, -0.05) is 11.6 Å². The summed E-state index contributed by atoms with van der Waals surface area (Å²) >= 11 is 6.01. The van der Waals surface area contributed by atoms with E-state index in [0.29, 0.717) is 10.6 Å². The summed E-state index contributed by atoms with van der Waals surface area (Å²) in [7, 11) is 1.33. The molecule has 0 radical (unpaired) electrons. The fourth-order valence-corrected chi connectivity index (χ4v) is 1.70. The van der Waals surface area contributed by atoms with Gasteiger partial charge in [-0.2, -0.15) is 0 Å². The lowest BCUT2D eigenvalue weighted by Crippen LogP contribution is -2.02. The third-order valence-corrected chi connectivity index (χ3v) is 2.57. The van der Waals surface area contributed by atoms with Crippen LogP contribution in [0.3, 0.4) is 0 Å². The predicted octanol–water partition coefficient (Wildman–Crippen LogP) is 2.92. The molecule has 3 nitrogen and oxygen atoms in total. The summed E-state index contributed by atoms with van der Waals surface area (Å²) in [5.74, 6) is -0.427. The highest BCUT2D eigenvalue weighted by Gasteiger charge is 2.10. The van der Waals surface area contributed by atoms with Crippen LogP contribution in [0.1, 0.15) is 10.4 Å². The second kappa shape index (κ2) is 4.41. The van der Waals surface area contributed by atoms with E-state index < -0.39 is 5.97 Å². The van der Waals surface area contributed by atoms with Crippen LogP contribution in [0.4, 0.5) is 0 Å². The Morgan fingerprint density at radius 3 is 2.56 bits per heavy atom. The van der Waals surface area contributed by atoms with Crippen LogP contribution in [-0.4, -0.2) is 17.6 Å². The fourth-order valence-electron chi connectivity index (χ4n) is 1.45. The Bertz CT molecular complexity index is 506. The van der Waals surface area contributed by atoms with Crippen molar-refractivity contribution in [2.75, 3.05) is 7.11 Å². The second-order valence-electron chi connectivity index (χ2n) is 3.25. The highest BCUT2D eigenvalue weighted by Crippen LogP contribution is 2.21. The molecule has 0 saturated carbocycles.